The van der Waals surface area contributed by atoms with Crippen LogP contribution in [-0.2, 0) is 4.74 Å². The minimum atomic E-state index is -0.570. The third-order valence-electron chi connectivity index (χ3n) is 2.84. The number of aryl methyl sites for hydroxylation is 1. The van der Waals surface area contributed by atoms with Gasteiger partial charge in [0.2, 0.25) is 0 Å². The molecule has 20 heavy (non-hydrogen) atoms. The second-order valence-corrected chi connectivity index (χ2v) is 6.45. The Morgan fingerprint density at radius 2 is 2.10 bits per heavy atom. The highest BCUT2D eigenvalue weighted by Gasteiger charge is 2.18. The SMILES string of the molecule is COCC(C)(C)NCC(O)COc1ccc(C)cc1Br. The van der Waals surface area contributed by atoms with Crippen LogP contribution in [0.25, 0.3) is 0 Å². The van der Waals surface area contributed by atoms with Crippen molar-refractivity contribution < 1.29 is 14.6 Å². The maximum Gasteiger partial charge on any atom is 0.133 e. The van der Waals surface area contributed by atoms with Crippen LogP contribution in [0.2, 0.25) is 0 Å². The van der Waals surface area contributed by atoms with Crippen LogP contribution in [0.5, 0.6) is 5.75 Å². The van der Waals surface area contributed by atoms with Gasteiger partial charge >= 0.3 is 0 Å². The van der Waals surface area contributed by atoms with E-state index >= 15 is 0 Å². The summed E-state index contributed by atoms with van der Waals surface area (Å²) in [4.78, 5) is 0. The van der Waals surface area contributed by atoms with Crippen molar-refractivity contribution >= 4 is 15.9 Å². The van der Waals surface area contributed by atoms with Crippen molar-refractivity contribution in [3.63, 3.8) is 0 Å². The molecule has 114 valence electrons. The Kier molecular flexibility index (Phi) is 6.95. The molecule has 0 aliphatic carbocycles. The number of nitrogens with one attached hydrogen (secondary N) is 1. The van der Waals surface area contributed by atoms with Crippen LogP contribution in [0.3, 0.4) is 0 Å². The van der Waals surface area contributed by atoms with Crippen LogP contribution in [0, 0.1) is 6.92 Å². The number of ether oxygens (including phenoxy) is 2. The molecule has 1 rings (SSSR count). The van der Waals surface area contributed by atoms with Gasteiger partial charge in [0.25, 0.3) is 0 Å². The van der Waals surface area contributed by atoms with Gasteiger partial charge in [-0.2, -0.15) is 0 Å². The van der Waals surface area contributed by atoms with Crippen LogP contribution in [0.4, 0.5) is 0 Å². The first-order valence-corrected chi connectivity index (χ1v) is 7.44. The fourth-order valence-electron chi connectivity index (χ4n) is 1.77. The maximum absolute atomic E-state index is 9.94. The number of hydrogen-bond donors (Lipinski definition) is 2. The lowest BCUT2D eigenvalue weighted by atomic mass is 10.1. The van der Waals surface area contributed by atoms with Gasteiger partial charge in [-0.05, 0) is 54.4 Å². The standard InChI is InChI=1S/C15H24BrNO3/c1-11-5-6-14(13(16)7-11)20-9-12(18)8-17-15(2,3)10-19-4/h5-7,12,17-18H,8-10H2,1-4H3. The number of aliphatic hydroxyl groups excluding tert-OH is 1. The van der Waals surface area contributed by atoms with Crippen molar-refractivity contribution in [2.75, 3.05) is 26.9 Å². The van der Waals surface area contributed by atoms with E-state index in [1.165, 1.54) is 0 Å². The van der Waals surface area contributed by atoms with Gasteiger partial charge in [0, 0.05) is 19.2 Å². The van der Waals surface area contributed by atoms with E-state index in [4.69, 9.17) is 9.47 Å². The van der Waals surface area contributed by atoms with Gasteiger partial charge in [0.05, 0.1) is 11.1 Å². The Morgan fingerprint density at radius 3 is 2.70 bits per heavy atom. The van der Waals surface area contributed by atoms with Gasteiger partial charge in [-0.3, -0.25) is 0 Å². The quantitative estimate of drug-likeness (QED) is 0.760. The van der Waals surface area contributed by atoms with Gasteiger partial charge in [0.1, 0.15) is 18.5 Å². The summed E-state index contributed by atoms with van der Waals surface area (Å²) in [5.74, 6) is 0.741. The summed E-state index contributed by atoms with van der Waals surface area (Å²) in [5, 5.41) is 13.2. The Bertz CT molecular complexity index is 424. The molecular formula is C15H24BrNO3. The third-order valence-corrected chi connectivity index (χ3v) is 3.46. The predicted molar refractivity (Wildman–Crippen MR) is 84.3 cm³/mol. The molecule has 0 radical (unpaired) electrons. The smallest absolute Gasteiger partial charge is 0.133 e. The van der Waals surface area contributed by atoms with Crippen molar-refractivity contribution in [3.05, 3.63) is 28.2 Å². The minimum absolute atomic E-state index is 0.166. The maximum atomic E-state index is 9.94. The van der Waals surface area contributed by atoms with Crippen LogP contribution < -0.4 is 10.1 Å². The van der Waals surface area contributed by atoms with Crippen molar-refractivity contribution in [3.8, 4) is 5.75 Å². The molecule has 1 unspecified atom stereocenters. The van der Waals surface area contributed by atoms with E-state index in [-0.39, 0.29) is 12.1 Å². The number of hydrogen-bond acceptors (Lipinski definition) is 4. The average Bonchev–Trinajstić information content (AvgIpc) is 2.35. The third kappa shape index (κ3) is 6.22. The summed E-state index contributed by atoms with van der Waals surface area (Å²) in [5.41, 5.74) is 0.993. The zero-order valence-corrected chi connectivity index (χ0v) is 14.2. The van der Waals surface area contributed by atoms with Crippen molar-refractivity contribution in [2.45, 2.75) is 32.4 Å². The normalized spacial score (nSPS) is 13.3. The summed E-state index contributed by atoms with van der Waals surface area (Å²) in [7, 11) is 1.66. The zero-order valence-electron chi connectivity index (χ0n) is 12.6. The lowest BCUT2D eigenvalue weighted by Gasteiger charge is -2.26. The molecule has 0 aliphatic heterocycles. The molecule has 4 nitrogen and oxygen atoms in total. The summed E-state index contributed by atoms with van der Waals surface area (Å²) in [6.45, 7) is 7.37. The first-order chi connectivity index (χ1) is 9.34. The molecule has 0 saturated carbocycles. The molecular weight excluding hydrogens is 322 g/mol. The Hall–Kier alpha value is -0.620. The van der Waals surface area contributed by atoms with E-state index in [9.17, 15) is 5.11 Å². The number of β-amino-alcohol motifs (C(OH)–C–C–N with tert-alkyl or cyclic N) is 1. The monoisotopic (exact) mass is 345 g/mol. The molecule has 0 heterocycles. The lowest BCUT2D eigenvalue weighted by molar-refractivity contribution is 0.0811. The van der Waals surface area contributed by atoms with Crippen molar-refractivity contribution in [2.24, 2.45) is 0 Å². The van der Waals surface area contributed by atoms with Crippen molar-refractivity contribution in [1.82, 2.24) is 5.32 Å². The highest BCUT2D eigenvalue weighted by atomic mass is 79.9. The van der Waals surface area contributed by atoms with Crippen LogP contribution in [0.15, 0.2) is 22.7 Å². The number of methoxy groups -OCH3 is 1. The van der Waals surface area contributed by atoms with E-state index in [2.05, 4.69) is 21.2 Å². The highest BCUT2D eigenvalue weighted by molar-refractivity contribution is 9.10. The van der Waals surface area contributed by atoms with Gasteiger partial charge in [-0.1, -0.05) is 6.07 Å². The molecule has 1 atom stereocenters. The summed E-state index contributed by atoms with van der Waals surface area (Å²) < 4.78 is 11.6. The first kappa shape index (κ1) is 17.4. The van der Waals surface area contributed by atoms with Gasteiger partial charge in [0.15, 0.2) is 0 Å². The van der Waals surface area contributed by atoms with Gasteiger partial charge in [-0.25, -0.2) is 0 Å². The number of benzene rings is 1. The summed E-state index contributed by atoms with van der Waals surface area (Å²) >= 11 is 3.45. The largest absolute Gasteiger partial charge is 0.490 e. The summed E-state index contributed by atoms with van der Waals surface area (Å²) in [6.07, 6.45) is -0.570. The van der Waals surface area contributed by atoms with E-state index in [0.29, 0.717) is 13.2 Å². The van der Waals surface area contributed by atoms with E-state index in [0.717, 1.165) is 15.8 Å². The summed E-state index contributed by atoms with van der Waals surface area (Å²) in [6, 6.07) is 5.86. The molecule has 1 aromatic rings. The molecule has 1 aromatic carbocycles. The number of rotatable bonds is 8. The van der Waals surface area contributed by atoms with Gasteiger partial charge in [-0.15, -0.1) is 0 Å². The predicted octanol–water partition coefficient (Wildman–Crippen LogP) is 2.51. The average molecular weight is 346 g/mol. The topological polar surface area (TPSA) is 50.7 Å². The fourth-order valence-corrected chi connectivity index (χ4v) is 2.38. The Morgan fingerprint density at radius 1 is 1.40 bits per heavy atom. The van der Waals surface area contributed by atoms with E-state index in [1.54, 1.807) is 7.11 Å². The molecule has 0 bridgehead atoms. The Balaban J connectivity index is 2.38. The molecule has 2 N–H and O–H groups in total. The Labute approximate surface area is 129 Å². The van der Waals surface area contributed by atoms with E-state index in [1.807, 2.05) is 39.0 Å². The number of halogens is 1. The second kappa shape index (κ2) is 7.98. The molecule has 5 heteroatoms. The van der Waals surface area contributed by atoms with E-state index < -0.39 is 6.10 Å². The van der Waals surface area contributed by atoms with Gasteiger partial charge < -0.3 is 19.9 Å². The molecule has 0 amide bonds. The highest BCUT2D eigenvalue weighted by Crippen LogP contribution is 2.25. The molecule has 0 aromatic heterocycles. The van der Waals surface area contributed by atoms with Crippen LogP contribution >= 0.6 is 15.9 Å². The van der Waals surface area contributed by atoms with Crippen LogP contribution in [-0.4, -0.2) is 43.6 Å². The zero-order chi connectivity index (χ0) is 15.2. The lowest BCUT2D eigenvalue weighted by Crippen LogP contribution is -2.47. The van der Waals surface area contributed by atoms with Crippen LogP contribution in [0.1, 0.15) is 19.4 Å². The molecule has 0 spiro atoms. The fraction of sp³-hybridized carbons (Fsp3) is 0.600. The first-order valence-electron chi connectivity index (χ1n) is 6.65. The molecule has 0 fully saturated rings. The molecule has 0 saturated heterocycles. The number of aliphatic hydroxyl groups is 1. The minimum Gasteiger partial charge on any atom is -0.490 e. The van der Waals surface area contributed by atoms with Crippen molar-refractivity contribution in [1.29, 1.82) is 0 Å². The molecule has 0 aliphatic rings. The second-order valence-electron chi connectivity index (χ2n) is 5.60.